The maximum atomic E-state index is 12.0. The Balaban J connectivity index is 1.79. The number of hydrogen-bond donors (Lipinski definition) is 1. The van der Waals surface area contributed by atoms with Gasteiger partial charge in [0.25, 0.3) is 0 Å². The van der Waals surface area contributed by atoms with Crippen LogP contribution in [0.15, 0.2) is 12.2 Å². The molecule has 0 radical (unpaired) electrons. The minimum atomic E-state index is -0.969. The summed E-state index contributed by atoms with van der Waals surface area (Å²) in [6.45, 7) is 6.66. The second-order valence-corrected chi connectivity index (χ2v) is 14.7. The summed E-state index contributed by atoms with van der Waals surface area (Å²) in [5, 5.41) is 10.0. The summed E-state index contributed by atoms with van der Waals surface area (Å²) in [4.78, 5) is 24.0. The molecule has 0 aromatic heterocycles. The van der Waals surface area contributed by atoms with Crippen LogP contribution in [0.4, 0.5) is 0 Å². The van der Waals surface area contributed by atoms with Gasteiger partial charge in [-0.1, -0.05) is 168 Å². The van der Waals surface area contributed by atoms with Crippen molar-refractivity contribution < 1.29 is 28.9 Å². The Bertz CT molecular complexity index is 767. The van der Waals surface area contributed by atoms with Crippen molar-refractivity contribution in [1.82, 2.24) is 0 Å². The highest BCUT2D eigenvalue weighted by Crippen LogP contribution is 2.30. The van der Waals surface area contributed by atoms with E-state index in [-0.39, 0.29) is 25.2 Å². The minimum absolute atomic E-state index is 0.119. The first-order valence-corrected chi connectivity index (χ1v) is 20.8. The molecule has 1 aliphatic heterocycles. The van der Waals surface area contributed by atoms with Gasteiger partial charge < -0.3 is 19.3 Å². The summed E-state index contributed by atoms with van der Waals surface area (Å²) in [6, 6.07) is 0. The Labute approximate surface area is 296 Å². The van der Waals surface area contributed by atoms with Gasteiger partial charge in [-0.15, -0.1) is 0 Å². The molecule has 0 spiro atoms. The van der Waals surface area contributed by atoms with E-state index in [9.17, 15) is 14.7 Å². The van der Waals surface area contributed by atoms with Crippen molar-refractivity contribution in [2.75, 3.05) is 13.2 Å². The summed E-state index contributed by atoms with van der Waals surface area (Å²) < 4.78 is 16.1. The lowest BCUT2D eigenvalue weighted by Gasteiger charge is -2.12. The SMILES string of the molecule is CCCCCC1OC1C/C=C\CCCCCCCC(=O)OC[C@@H](O)COC(=O)CCCCCCCCCCCCCCCCC(C)CC. The Morgan fingerprint density at radius 3 is 1.60 bits per heavy atom. The van der Waals surface area contributed by atoms with Gasteiger partial charge in [-0.05, 0) is 44.4 Å². The second-order valence-electron chi connectivity index (χ2n) is 14.7. The van der Waals surface area contributed by atoms with Crippen molar-refractivity contribution in [3.05, 3.63) is 12.2 Å². The van der Waals surface area contributed by atoms with Crippen LogP contribution in [0.3, 0.4) is 0 Å². The molecule has 0 saturated carbocycles. The first-order valence-electron chi connectivity index (χ1n) is 20.8. The number of allylic oxidation sites excluding steroid dienone is 1. The van der Waals surface area contributed by atoms with Gasteiger partial charge in [-0.25, -0.2) is 0 Å². The molecule has 0 aromatic carbocycles. The van der Waals surface area contributed by atoms with Crippen LogP contribution in [-0.4, -0.2) is 48.6 Å². The zero-order valence-electron chi connectivity index (χ0n) is 31.9. The van der Waals surface area contributed by atoms with E-state index >= 15 is 0 Å². The fraction of sp³-hybridized carbons (Fsp3) is 0.905. The average molecular weight is 679 g/mol. The van der Waals surface area contributed by atoms with Crippen molar-refractivity contribution in [2.24, 2.45) is 5.92 Å². The number of unbranched alkanes of at least 4 members (excludes halogenated alkanes) is 20. The van der Waals surface area contributed by atoms with E-state index in [0.717, 1.165) is 57.3 Å². The summed E-state index contributed by atoms with van der Waals surface area (Å²) in [5.41, 5.74) is 0. The zero-order chi connectivity index (χ0) is 34.9. The topological polar surface area (TPSA) is 85.4 Å². The van der Waals surface area contributed by atoms with E-state index in [4.69, 9.17) is 14.2 Å². The molecular weight excluding hydrogens is 600 g/mol. The summed E-state index contributed by atoms with van der Waals surface area (Å²) in [6.07, 6.45) is 38.6. The average Bonchev–Trinajstić information content (AvgIpc) is 3.84. The van der Waals surface area contributed by atoms with E-state index in [2.05, 4.69) is 32.9 Å². The van der Waals surface area contributed by atoms with Crippen LogP contribution in [0.2, 0.25) is 0 Å². The van der Waals surface area contributed by atoms with Crippen molar-refractivity contribution in [2.45, 2.75) is 225 Å². The Kier molecular flexibility index (Phi) is 30.5. The molecule has 1 heterocycles. The fourth-order valence-electron chi connectivity index (χ4n) is 6.30. The van der Waals surface area contributed by atoms with Gasteiger partial charge >= 0.3 is 11.9 Å². The molecule has 1 N–H and O–H groups in total. The number of aliphatic hydroxyl groups is 1. The number of rotatable bonds is 36. The van der Waals surface area contributed by atoms with Gasteiger partial charge in [0.15, 0.2) is 0 Å². The predicted octanol–water partition coefficient (Wildman–Crippen LogP) is 11.7. The van der Waals surface area contributed by atoms with Crippen LogP contribution in [0.1, 0.15) is 207 Å². The molecule has 282 valence electrons. The number of hydrogen-bond acceptors (Lipinski definition) is 6. The first-order chi connectivity index (χ1) is 23.5. The molecule has 3 unspecified atom stereocenters. The smallest absolute Gasteiger partial charge is 0.305 e. The van der Waals surface area contributed by atoms with Crippen molar-refractivity contribution in [3.8, 4) is 0 Å². The van der Waals surface area contributed by atoms with Crippen LogP contribution in [0.5, 0.6) is 0 Å². The Morgan fingerprint density at radius 1 is 0.625 bits per heavy atom. The zero-order valence-corrected chi connectivity index (χ0v) is 31.9. The van der Waals surface area contributed by atoms with E-state index in [1.165, 1.54) is 122 Å². The molecule has 6 heteroatoms. The van der Waals surface area contributed by atoms with Crippen LogP contribution >= 0.6 is 0 Å². The number of carbonyl (C=O) groups excluding carboxylic acids is 2. The maximum Gasteiger partial charge on any atom is 0.305 e. The normalized spacial score (nSPS) is 17.1. The Morgan fingerprint density at radius 2 is 1.10 bits per heavy atom. The Hall–Kier alpha value is -1.40. The van der Waals surface area contributed by atoms with Gasteiger partial charge in [-0.3, -0.25) is 9.59 Å². The van der Waals surface area contributed by atoms with Crippen LogP contribution in [-0.2, 0) is 23.8 Å². The predicted molar refractivity (Wildman–Crippen MR) is 200 cm³/mol. The van der Waals surface area contributed by atoms with Crippen LogP contribution in [0.25, 0.3) is 0 Å². The van der Waals surface area contributed by atoms with E-state index in [0.29, 0.717) is 25.0 Å². The molecular formula is C42H78O6. The maximum absolute atomic E-state index is 12.0. The molecule has 0 aromatic rings. The number of epoxide rings is 1. The number of ether oxygens (including phenoxy) is 3. The molecule has 0 amide bonds. The van der Waals surface area contributed by atoms with Crippen molar-refractivity contribution in [3.63, 3.8) is 0 Å². The van der Waals surface area contributed by atoms with Crippen LogP contribution < -0.4 is 0 Å². The third-order valence-electron chi connectivity index (χ3n) is 9.96. The molecule has 0 bridgehead atoms. The fourth-order valence-corrected chi connectivity index (χ4v) is 6.30. The highest BCUT2D eigenvalue weighted by molar-refractivity contribution is 5.69. The highest BCUT2D eigenvalue weighted by Gasteiger charge is 2.36. The van der Waals surface area contributed by atoms with Crippen molar-refractivity contribution in [1.29, 1.82) is 0 Å². The molecule has 1 rings (SSSR count). The van der Waals surface area contributed by atoms with Crippen LogP contribution in [0, 0.1) is 5.92 Å². The van der Waals surface area contributed by atoms with Crippen molar-refractivity contribution >= 4 is 11.9 Å². The van der Waals surface area contributed by atoms with Gasteiger partial charge in [0.05, 0.1) is 12.2 Å². The molecule has 1 saturated heterocycles. The second kappa shape index (κ2) is 32.8. The number of esters is 2. The van der Waals surface area contributed by atoms with Gasteiger partial charge in [0, 0.05) is 12.8 Å². The quantitative estimate of drug-likeness (QED) is 0.0307. The largest absolute Gasteiger partial charge is 0.463 e. The molecule has 4 atom stereocenters. The summed E-state index contributed by atoms with van der Waals surface area (Å²) >= 11 is 0. The minimum Gasteiger partial charge on any atom is -0.463 e. The molecule has 48 heavy (non-hydrogen) atoms. The monoisotopic (exact) mass is 679 g/mol. The van der Waals surface area contributed by atoms with E-state index in [1.807, 2.05) is 0 Å². The third kappa shape index (κ3) is 29.5. The lowest BCUT2D eigenvalue weighted by Crippen LogP contribution is -2.25. The lowest BCUT2D eigenvalue weighted by atomic mass is 9.99. The molecule has 1 aliphatic rings. The van der Waals surface area contributed by atoms with E-state index < -0.39 is 6.10 Å². The number of aliphatic hydroxyl groups excluding tert-OH is 1. The standard InChI is InChI=1S/C42H78O6/c1-4-6-25-31-39-40(48-39)32-27-22-18-15-16-20-24-29-34-42(45)47-36-38(43)35-46-41(44)33-28-23-19-14-12-10-8-7-9-11-13-17-21-26-30-37(3)5-2/h22,27,37-40,43H,4-21,23-26,28-36H2,1-3H3/b27-22-/t37?,38-,39?,40?/m0/s1. The highest BCUT2D eigenvalue weighted by atomic mass is 16.6. The van der Waals surface area contributed by atoms with Gasteiger partial charge in [0.1, 0.15) is 19.3 Å². The first kappa shape index (κ1) is 44.6. The third-order valence-corrected chi connectivity index (χ3v) is 9.96. The van der Waals surface area contributed by atoms with E-state index in [1.54, 1.807) is 0 Å². The lowest BCUT2D eigenvalue weighted by molar-refractivity contribution is -0.152. The van der Waals surface area contributed by atoms with Gasteiger partial charge in [0.2, 0.25) is 0 Å². The van der Waals surface area contributed by atoms with Gasteiger partial charge in [-0.2, -0.15) is 0 Å². The number of carbonyl (C=O) groups is 2. The summed E-state index contributed by atoms with van der Waals surface area (Å²) in [7, 11) is 0. The molecule has 0 aliphatic carbocycles. The molecule has 1 fully saturated rings. The summed E-state index contributed by atoms with van der Waals surface area (Å²) in [5.74, 6) is 0.323. The molecule has 6 nitrogen and oxygen atoms in total.